The van der Waals surface area contributed by atoms with Crippen molar-refractivity contribution in [1.29, 1.82) is 0 Å². The minimum Gasteiger partial charge on any atom is -0.483 e. The van der Waals surface area contributed by atoms with Gasteiger partial charge in [-0.25, -0.2) is 14.6 Å². The van der Waals surface area contributed by atoms with Gasteiger partial charge in [-0.2, -0.15) is 0 Å². The van der Waals surface area contributed by atoms with Crippen LogP contribution in [0.25, 0.3) is 10.9 Å². The van der Waals surface area contributed by atoms with E-state index in [1.54, 1.807) is 31.2 Å². The highest BCUT2D eigenvalue weighted by Gasteiger charge is 2.39. The number of hydrogen-bond acceptors (Lipinski definition) is 10. The van der Waals surface area contributed by atoms with Gasteiger partial charge in [-0.05, 0) is 25.5 Å². The summed E-state index contributed by atoms with van der Waals surface area (Å²) in [5.74, 6) is -4.30. The maximum atomic E-state index is 13.4. The average molecular weight is 630 g/mol. The molecule has 16 nitrogen and oxygen atoms in total. The fraction of sp³-hybridized carbons (Fsp3) is 0.483. The molecular weight excluding hydrogens is 594 g/mol. The van der Waals surface area contributed by atoms with Crippen LogP contribution >= 0.6 is 0 Å². The zero-order chi connectivity index (χ0) is 32.7. The van der Waals surface area contributed by atoms with E-state index in [0.717, 1.165) is 4.90 Å². The maximum Gasteiger partial charge on any atom is 0.409 e. The molecule has 1 aromatic carbocycles. The third-order valence-electron chi connectivity index (χ3n) is 7.51. The van der Waals surface area contributed by atoms with Crippen LogP contribution in [0.5, 0.6) is 5.75 Å². The number of carbonyl (C=O) groups is 6. The van der Waals surface area contributed by atoms with Crippen LogP contribution in [0.3, 0.4) is 0 Å². The molecule has 4 amide bonds. The molecule has 2 aromatic rings. The van der Waals surface area contributed by atoms with Crippen LogP contribution in [0.1, 0.15) is 36.7 Å². The van der Waals surface area contributed by atoms with Crippen molar-refractivity contribution in [2.24, 2.45) is 0 Å². The third-order valence-corrected chi connectivity index (χ3v) is 7.51. The molecular formula is C29H35N5O11. The highest BCUT2D eigenvalue weighted by molar-refractivity contribution is 5.99. The van der Waals surface area contributed by atoms with Gasteiger partial charge in [0.2, 0.25) is 5.91 Å². The van der Waals surface area contributed by atoms with Gasteiger partial charge in [0.05, 0.1) is 18.2 Å². The molecule has 4 N–H and O–H groups in total. The molecule has 1 aromatic heterocycles. The number of likely N-dealkylation sites (tertiary alicyclic amines) is 1. The van der Waals surface area contributed by atoms with E-state index in [9.17, 15) is 44.1 Å². The number of rotatable bonds is 11. The first-order valence-electron chi connectivity index (χ1n) is 14.4. The number of piperazine rings is 1. The SMILES string of the molecule is CCOC(=O)N1CCN(C(=O)C(CCC(=O)O)NC(=O)c2cc(OCC(=O)N3C[C@@H](O)C[C@H]3C(=O)O)c3ccccc3n2)CC1. The first-order valence-corrected chi connectivity index (χ1v) is 14.4. The molecule has 4 rings (SSSR count). The Hall–Kier alpha value is -4.99. The summed E-state index contributed by atoms with van der Waals surface area (Å²) in [4.78, 5) is 82.8. The molecule has 0 bridgehead atoms. The van der Waals surface area contributed by atoms with Crippen LogP contribution in [0, 0.1) is 0 Å². The van der Waals surface area contributed by atoms with Gasteiger partial charge in [-0.3, -0.25) is 19.2 Å². The predicted octanol–water partition coefficient (Wildman–Crippen LogP) is -0.0761. The molecule has 2 aliphatic heterocycles. The predicted molar refractivity (Wildman–Crippen MR) is 154 cm³/mol. The molecule has 242 valence electrons. The second-order valence-corrected chi connectivity index (χ2v) is 10.6. The summed E-state index contributed by atoms with van der Waals surface area (Å²) in [7, 11) is 0. The van der Waals surface area contributed by atoms with E-state index in [0.29, 0.717) is 10.9 Å². The molecule has 2 fully saturated rings. The summed E-state index contributed by atoms with van der Waals surface area (Å²) in [6.07, 6.45) is -2.18. The van der Waals surface area contributed by atoms with E-state index in [-0.39, 0.29) is 63.6 Å². The van der Waals surface area contributed by atoms with Crippen LogP contribution in [-0.4, -0.2) is 135 Å². The molecule has 1 unspecified atom stereocenters. The molecule has 3 heterocycles. The lowest BCUT2D eigenvalue weighted by atomic mass is 10.1. The third kappa shape index (κ3) is 8.14. The molecule has 3 atom stereocenters. The van der Waals surface area contributed by atoms with Gasteiger partial charge in [0.15, 0.2) is 6.61 Å². The number of β-amino-alcohol motifs (C(OH)–C–C–N with tert-alkyl or cyclic N) is 1. The second-order valence-electron chi connectivity index (χ2n) is 10.6. The van der Waals surface area contributed by atoms with Gasteiger partial charge in [0, 0.05) is 57.0 Å². The number of benzene rings is 1. The average Bonchev–Trinajstić information content (AvgIpc) is 3.43. The largest absolute Gasteiger partial charge is 0.483 e. The van der Waals surface area contributed by atoms with Gasteiger partial charge >= 0.3 is 18.0 Å². The smallest absolute Gasteiger partial charge is 0.409 e. The molecule has 2 saturated heterocycles. The number of para-hydroxylation sites is 1. The lowest BCUT2D eigenvalue weighted by molar-refractivity contribution is -0.149. The number of carbonyl (C=O) groups excluding carboxylic acids is 4. The van der Waals surface area contributed by atoms with Crippen LogP contribution in [0.15, 0.2) is 30.3 Å². The Balaban J connectivity index is 1.50. The summed E-state index contributed by atoms with van der Waals surface area (Å²) in [6, 6.07) is 5.49. The van der Waals surface area contributed by atoms with Gasteiger partial charge in [0.1, 0.15) is 23.5 Å². The second kappa shape index (κ2) is 14.7. The monoisotopic (exact) mass is 629 g/mol. The summed E-state index contributed by atoms with van der Waals surface area (Å²) < 4.78 is 10.7. The Bertz CT molecular complexity index is 1460. The standard InChI is InChI=1S/C29H35N5O11/c1-2-44-29(43)33-11-9-32(10-12-33)27(40)20(7-8-25(37)38)31-26(39)21-14-23(18-5-3-4-6-19(18)30-21)45-16-24(36)34-15-17(35)13-22(34)28(41)42/h3-6,14,17,20,22,35H,2,7-13,15-16H2,1H3,(H,31,39)(H,37,38)(H,41,42)/t17-,20?,22-/m0/s1. The molecule has 0 radical (unpaired) electrons. The number of amides is 4. The number of aromatic nitrogens is 1. The summed E-state index contributed by atoms with van der Waals surface area (Å²) in [5.41, 5.74) is 0.160. The van der Waals surface area contributed by atoms with Crippen LogP contribution < -0.4 is 10.1 Å². The van der Waals surface area contributed by atoms with Crippen molar-refractivity contribution in [3.63, 3.8) is 0 Å². The van der Waals surface area contributed by atoms with Crippen molar-refractivity contribution in [2.75, 3.05) is 45.9 Å². The quantitative estimate of drug-likeness (QED) is 0.257. The normalized spacial score (nSPS) is 18.8. The van der Waals surface area contributed by atoms with Crippen LogP contribution in [0.4, 0.5) is 4.79 Å². The minimum atomic E-state index is -1.25. The maximum absolute atomic E-state index is 13.4. The lowest BCUT2D eigenvalue weighted by Gasteiger charge is -2.35. The first-order chi connectivity index (χ1) is 21.5. The molecule has 45 heavy (non-hydrogen) atoms. The van der Waals surface area contributed by atoms with E-state index < -0.39 is 67.0 Å². The van der Waals surface area contributed by atoms with Crippen LogP contribution in [-0.2, 0) is 23.9 Å². The number of aliphatic carboxylic acids is 2. The number of carboxylic acids is 2. The van der Waals surface area contributed by atoms with Crippen LogP contribution in [0.2, 0.25) is 0 Å². The number of nitrogens with one attached hydrogen (secondary N) is 1. The van der Waals surface area contributed by atoms with E-state index >= 15 is 0 Å². The Morgan fingerprint density at radius 1 is 1.04 bits per heavy atom. The van der Waals surface area contributed by atoms with Crippen molar-refractivity contribution in [1.82, 2.24) is 25.0 Å². The molecule has 0 saturated carbocycles. The van der Waals surface area contributed by atoms with Crippen molar-refractivity contribution >= 4 is 46.7 Å². The number of carboxylic acid groups (broad SMARTS) is 2. The summed E-state index contributed by atoms with van der Waals surface area (Å²) >= 11 is 0. The summed E-state index contributed by atoms with van der Waals surface area (Å²) in [5, 5.41) is 31.6. The van der Waals surface area contributed by atoms with Gasteiger partial charge in [-0.15, -0.1) is 0 Å². The number of aliphatic hydroxyl groups excluding tert-OH is 1. The first kappa shape index (κ1) is 32.9. The van der Waals surface area contributed by atoms with Crippen molar-refractivity contribution < 1.29 is 53.6 Å². The topological polar surface area (TPSA) is 216 Å². The van der Waals surface area contributed by atoms with E-state index in [2.05, 4.69) is 10.3 Å². The van der Waals surface area contributed by atoms with E-state index in [4.69, 9.17) is 9.47 Å². The molecule has 16 heteroatoms. The van der Waals surface area contributed by atoms with E-state index in [1.807, 2.05) is 0 Å². The number of nitrogens with zero attached hydrogens (tertiary/aromatic N) is 4. The molecule has 0 aliphatic carbocycles. The lowest BCUT2D eigenvalue weighted by Crippen LogP contribution is -2.56. The fourth-order valence-electron chi connectivity index (χ4n) is 5.23. The number of aliphatic hydroxyl groups is 1. The Morgan fingerprint density at radius 3 is 2.40 bits per heavy atom. The highest BCUT2D eigenvalue weighted by atomic mass is 16.6. The number of fused-ring (bicyclic) bond motifs is 1. The minimum absolute atomic E-state index is 0.0919. The van der Waals surface area contributed by atoms with Crippen molar-refractivity contribution in [2.45, 2.75) is 44.4 Å². The highest BCUT2D eigenvalue weighted by Crippen LogP contribution is 2.26. The molecule has 0 spiro atoms. The molecule has 2 aliphatic rings. The Morgan fingerprint density at radius 2 is 1.73 bits per heavy atom. The number of hydrogen-bond donors (Lipinski definition) is 4. The van der Waals surface area contributed by atoms with Gasteiger partial charge in [-0.1, -0.05) is 12.1 Å². The number of pyridine rings is 1. The Labute approximate surface area is 257 Å². The van der Waals surface area contributed by atoms with E-state index in [1.165, 1.54) is 15.9 Å². The summed E-state index contributed by atoms with van der Waals surface area (Å²) in [6.45, 7) is 1.89. The zero-order valence-electron chi connectivity index (χ0n) is 24.6. The van der Waals surface area contributed by atoms with Gasteiger partial charge in [0.25, 0.3) is 11.8 Å². The fourth-order valence-corrected chi connectivity index (χ4v) is 5.23. The number of ether oxygens (including phenoxy) is 2. The van der Waals surface area contributed by atoms with Gasteiger partial charge < -0.3 is 44.8 Å². The van der Waals surface area contributed by atoms with Crippen molar-refractivity contribution in [3.8, 4) is 5.75 Å². The Kier molecular flexibility index (Phi) is 10.7. The zero-order valence-corrected chi connectivity index (χ0v) is 24.6. The van der Waals surface area contributed by atoms with Crippen molar-refractivity contribution in [3.05, 3.63) is 36.0 Å².